The number of amides is 1. The van der Waals surface area contributed by atoms with Gasteiger partial charge in [-0.25, -0.2) is 0 Å². The number of allylic oxidation sites excluding steroid dienone is 2. The van der Waals surface area contributed by atoms with Crippen LogP contribution >= 0.6 is 0 Å². The maximum atomic E-state index is 11.8. The van der Waals surface area contributed by atoms with Crippen LogP contribution in [0.4, 0.5) is 0 Å². The predicted octanol–water partition coefficient (Wildman–Crippen LogP) is 1.62. The highest BCUT2D eigenvalue weighted by molar-refractivity contribution is 5.78. The van der Waals surface area contributed by atoms with Crippen molar-refractivity contribution in [3.8, 4) is 0 Å². The first-order valence-corrected chi connectivity index (χ1v) is 6.36. The zero-order valence-corrected chi connectivity index (χ0v) is 9.69. The highest BCUT2D eigenvalue weighted by Crippen LogP contribution is 2.25. The molecule has 90 valence electrons. The van der Waals surface area contributed by atoms with Crippen LogP contribution < -0.4 is 5.32 Å². The molecule has 2 aliphatic carbocycles. The second kappa shape index (κ2) is 5.48. The standard InChI is InChI=1S/C13H21NO2/c15-12-7-6-10(8-12)9-14-13(16)11-4-2-1-3-5-11/h1-2,10-12,15H,3-9H2,(H,14,16). The Labute approximate surface area is 96.9 Å². The largest absolute Gasteiger partial charge is 0.393 e. The molecule has 3 unspecified atom stereocenters. The van der Waals surface area contributed by atoms with Gasteiger partial charge >= 0.3 is 0 Å². The van der Waals surface area contributed by atoms with Crippen LogP contribution in [-0.4, -0.2) is 23.7 Å². The summed E-state index contributed by atoms with van der Waals surface area (Å²) >= 11 is 0. The fourth-order valence-corrected chi connectivity index (χ4v) is 2.65. The SMILES string of the molecule is O=C(NCC1CCC(O)C1)C1CC=CCC1. The van der Waals surface area contributed by atoms with Gasteiger partial charge in [0.15, 0.2) is 0 Å². The van der Waals surface area contributed by atoms with Gasteiger partial charge in [-0.1, -0.05) is 12.2 Å². The van der Waals surface area contributed by atoms with E-state index in [4.69, 9.17) is 0 Å². The van der Waals surface area contributed by atoms with Crippen molar-refractivity contribution in [2.75, 3.05) is 6.54 Å². The maximum Gasteiger partial charge on any atom is 0.223 e. The summed E-state index contributed by atoms with van der Waals surface area (Å²) in [6.07, 6.45) is 9.81. The summed E-state index contributed by atoms with van der Waals surface area (Å²) in [5.74, 6) is 0.861. The van der Waals surface area contributed by atoms with Gasteiger partial charge < -0.3 is 10.4 Å². The van der Waals surface area contributed by atoms with E-state index in [1.165, 1.54) is 0 Å². The molecule has 3 nitrogen and oxygen atoms in total. The quantitative estimate of drug-likeness (QED) is 0.714. The molecule has 3 atom stereocenters. The Balaban J connectivity index is 1.69. The van der Waals surface area contributed by atoms with Crippen molar-refractivity contribution in [3.63, 3.8) is 0 Å². The van der Waals surface area contributed by atoms with E-state index in [0.717, 1.165) is 45.1 Å². The molecular weight excluding hydrogens is 202 g/mol. The molecule has 2 aliphatic rings. The van der Waals surface area contributed by atoms with Gasteiger partial charge in [0, 0.05) is 12.5 Å². The Hall–Kier alpha value is -0.830. The number of aliphatic hydroxyl groups excluding tert-OH is 1. The highest BCUT2D eigenvalue weighted by atomic mass is 16.3. The third-order valence-electron chi connectivity index (χ3n) is 3.72. The third kappa shape index (κ3) is 3.08. The lowest BCUT2D eigenvalue weighted by molar-refractivity contribution is -0.125. The van der Waals surface area contributed by atoms with Crippen molar-refractivity contribution in [2.45, 2.75) is 44.6 Å². The van der Waals surface area contributed by atoms with E-state index in [1.54, 1.807) is 0 Å². The van der Waals surface area contributed by atoms with Crippen molar-refractivity contribution in [2.24, 2.45) is 11.8 Å². The molecule has 2 N–H and O–H groups in total. The van der Waals surface area contributed by atoms with Crippen molar-refractivity contribution in [1.82, 2.24) is 5.32 Å². The monoisotopic (exact) mass is 223 g/mol. The van der Waals surface area contributed by atoms with E-state index < -0.39 is 0 Å². The van der Waals surface area contributed by atoms with E-state index in [9.17, 15) is 9.90 Å². The zero-order valence-electron chi connectivity index (χ0n) is 9.69. The normalized spacial score (nSPS) is 33.9. The summed E-state index contributed by atoms with van der Waals surface area (Å²) in [5, 5.41) is 12.4. The number of hydrogen-bond donors (Lipinski definition) is 2. The summed E-state index contributed by atoms with van der Waals surface area (Å²) in [5.41, 5.74) is 0. The lowest BCUT2D eigenvalue weighted by Gasteiger charge is -2.18. The predicted molar refractivity (Wildman–Crippen MR) is 62.8 cm³/mol. The van der Waals surface area contributed by atoms with Gasteiger partial charge in [0.1, 0.15) is 0 Å². The molecule has 0 spiro atoms. The minimum Gasteiger partial charge on any atom is -0.393 e. The summed E-state index contributed by atoms with van der Waals surface area (Å²) in [4.78, 5) is 11.8. The summed E-state index contributed by atoms with van der Waals surface area (Å²) in [6.45, 7) is 0.746. The molecule has 0 heterocycles. The molecule has 16 heavy (non-hydrogen) atoms. The Morgan fingerprint density at radius 1 is 1.31 bits per heavy atom. The molecule has 0 aromatic heterocycles. The van der Waals surface area contributed by atoms with E-state index >= 15 is 0 Å². The highest BCUT2D eigenvalue weighted by Gasteiger charge is 2.24. The molecule has 0 bridgehead atoms. The third-order valence-corrected chi connectivity index (χ3v) is 3.72. The van der Waals surface area contributed by atoms with E-state index in [-0.39, 0.29) is 17.9 Å². The van der Waals surface area contributed by atoms with Gasteiger partial charge in [-0.05, 0) is 44.4 Å². The summed E-state index contributed by atoms with van der Waals surface area (Å²) in [6, 6.07) is 0. The van der Waals surface area contributed by atoms with E-state index in [0.29, 0.717) is 5.92 Å². The smallest absolute Gasteiger partial charge is 0.223 e. The van der Waals surface area contributed by atoms with Crippen LogP contribution in [0, 0.1) is 11.8 Å². The first-order valence-electron chi connectivity index (χ1n) is 6.36. The zero-order chi connectivity index (χ0) is 11.4. The second-order valence-corrected chi connectivity index (χ2v) is 5.06. The molecule has 0 aromatic carbocycles. The van der Waals surface area contributed by atoms with Crippen LogP contribution in [0.25, 0.3) is 0 Å². The van der Waals surface area contributed by atoms with Crippen molar-refractivity contribution >= 4 is 5.91 Å². The number of hydrogen-bond acceptors (Lipinski definition) is 2. The summed E-state index contributed by atoms with van der Waals surface area (Å²) < 4.78 is 0. The van der Waals surface area contributed by atoms with Crippen LogP contribution in [0.2, 0.25) is 0 Å². The van der Waals surface area contributed by atoms with Gasteiger partial charge in [-0.2, -0.15) is 0 Å². The molecule has 2 rings (SSSR count). The van der Waals surface area contributed by atoms with Crippen molar-refractivity contribution in [3.05, 3.63) is 12.2 Å². The van der Waals surface area contributed by atoms with E-state index in [2.05, 4.69) is 17.5 Å². The Morgan fingerprint density at radius 3 is 2.81 bits per heavy atom. The van der Waals surface area contributed by atoms with E-state index in [1.807, 2.05) is 0 Å². The number of carbonyl (C=O) groups excluding carboxylic acids is 1. The number of nitrogens with one attached hydrogen (secondary N) is 1. The van der Waals surface area contributed by atoms with Gasteiger partial charge in [0.25, 0.3) is 0 Å². The number of rotatable bonds is 3. The van der Waals surface area contributed by atoms with Gasteiger partial charge in [0.05, 0.1) is 6.10 Å². The molecule has 0 saturated heterocycles. The topological polar surface area (TPSA) is 49.3 Å². The van der Waals surface area contributed by atoms with Crippen LogP contribution in [0.1, 0.15) is 38.5 Å². The minimum absolute atomic E-state index is 0.139. The minimum atomic E-state index is -0.139. The molecule has 1 fully saturated rings. The fourth-order valence-electron chi connectivity index (χ4n) is 2.65. The van der Waals surface area contributed by atoms with Gasteiger partial charge in [-0.3, -0.25) is 4.79 Å². The Bertz CT molecular complexity index is 275. The molecule has 0 radical (unpaired) electrons. The first-order chi connectivity index (χ1) is 7.75. The average Bonchev–Trinajstić information content (AvgIpc) is 2.73. The van der Waals surface area contributed by atoms with Crippen LogP contribution in [-0.2, 0) is 4.79 Å². The Kier molecular flexibility index (Phi) is 3.99. The second-order valence-electron chi connectivity index (χ2n) is 5.06. The molecule has 1 amide bonds. The van der Waals surface area contributed by atoms with Crippen molar-refractivity contribution < 1.29 is 9.90 Å². The fraction of sp³-hybridized carbons (Fsp3) is 0.769. The van der Waals surface area contributed by atoms with Crippen LogP contribution in [0.5, 0.6) is 0 Å². The summed E-state index contributed by atoms with van der Waals surface area (Å²) in [7, 11) is 0. The number of aliphatic hydroxyl groups is 1. The molecule has 0 aromatic rings. The lowest BCUT2D eigenvalue weighted by Crippen LogP contribution is -2.34. The van der Waals surface area contributed by atoms with Crippen LogP contribution in [0.15, 0.2) is 12.2 Å². The molecular formula is C13H21NO2. The average molecular weight is 223 g/mol. The lowest BCUT2D eigenvalue weighted by atomic mass is 9.93. The molecule has 1 saturated carbocycles. The molecule has 0 aliphatic heterocycles. The van der Waals surface area contributed by atoms with Gasteiger partial charge in [-0.15, -0.1) is 0 Å². The molecule has 3 heteroatoms. The Morgan fingerprint density at radius 2 is 2.19 bits per heavy atom. The first kappa shape index (κ1) is 11.6. The van der Waals surface area contributed by atoms with Gasteiger partial charge in [0.2, 0.25) is 5.91 Å². The maximum absolute atomic E-state index is 11.8. The van der Waals surface area contributed by atoms with Crippen molar-refractivity contribution in [1.29, 1.82) is 0 Å². The number of carbonyl (C=O) groups is 1. The van der Waals surface area contributed by atoms with Crippen LogP contribution in [0.3, 0.4) is 0 Å².